The van der Waals surface area contributed by atoms with Gasteiger partial charge in [0.2, 0.25) is 5.91 Å². The summed E-state index contributed by atoms with van der Waals surface area (Å²) in [6.07, 6.45) is 2.93. The molecule has 13 heteroatoms. The van der Waals surface area contributed by atoms with Crippen molar-refractivity contribution >= 4 is 28.9 Å². The average Bonchev–Trinajstić information content (AvgIpc) is 3.32. The van der Waals surface area contributed by atoms with Gasteiger partial charge in [-0.15, -0.1) is 0 Å². The monoisotopic (exact) mass is 443 g/mol. The molecule has 3 aromatic rings. The molecule has 13 nitrogen and oxygen atoms in total. The topological polar surface area (TPSA) is 155 Å². The number of carbonyl (C=O) groups is 2. The van der Waals surface area contributed by atoms with Crippen LogP contribution in [0.4, 0.5) is 17.1 Å². The van der Waals surface area contributed by atoms with E-state index in [0.717, 1.165) is 5.69 Å². The Hall–Kier alpha value is -4.03. The number of hydrogen-bond acceptors (Lipinski definition) is 7. The normalized spacial score (nSPS) is 11.9. The summed E-state index contributed by atoms with van der Waals surface area (Å²) in [5, 5.41) is 29.0. The van der Waals surface area contributed by atoms with E-state index < -0.39 is 16.7 Å². The number of nitrogens with zero attached hydrogens (tertiary/aromatic N) is 7. The van der Waals surface area contributed by atoms with Crippen LogP contribution in [0.2, 0.25) is 0 Å². The summed E-state index contributed by atoms with van der Waals surface area (Å²) in [4.78, 5) is 36.3. The number of amides is 2. The molecular formula is C19H25N9O4. The largest absolute Gasteiger partial charge is 0.322 e. The summed E-state index contributed by atoms with van der Waals surface area (Å²) in [7, 11) is 3.36. The molecule has 3 heterocycles. The maximum Gasteiger partial charge on any atom is 0.312 e. The summed E-state index contributed by atoms with van der Waals surface area (Å²) < 4.78 is 4.44. The number of carbonyl (C=O) groups excluding carboxylic acids is 2. The van der Waals surface area contributed by atoms with Gasteiger partial charge in [0.25, 0.3) is 5.91 Å². The van der Waals surface area contributed by atoms with Crippen LogP contribution in [-0.2, 0) is 25.4 Å². The van der Waals surface area contributed by atoms with E-state index in [1.54, 1.807) is 39.5 Å². The number of hydrogen-bond donors (Lipinski definition) is 2. The fraction of sp³-hybridized carbons (Fsp3) is 0.421. The highest BCUT2D eigenvalue weighted by molar-refractivity contribution is 6.09. The van der Waals surface area contributed by atoms with Gasteiger partial charge in [0, 0.05) is 14.1 Å². The summed E-state index contributed by atoms with van der Waals surface area (Å²) in [6.45, 7) is 6.78. The van der Waals surface area contributed by atoms with E-state index in [-0.39, 0.29) is 35.2 Å². The highest BCUT2D eigenvalue weighted by Gasteiger charge is 2.26. The summed E-state index contributed by atoms with van der Waals surface area (Å²) in [6, 6.07) is 0. The molecule has 0 bridgehead atoms. The Kier molecular flexibility index (Phi) is 6.09. The lowest BCUT2D eigenvalue weighted by atomic mass is 10.1. The second-order valence-electron chi connectivity index (χ2n) is 7.60. The Morgan fingerprint density at radius 1 is 1.06 bits per heavy atom. The van der Waals surface area contributed by atoms with Crippen molar-refractivity contribution < 1.29 is 14.5 Å². The van der Waals surface area contributed by atoms with Gasteiger partial charge in [-0.25, -0.2) is 0 Å². The Labute approximate surface area is 183 Å². The predicted octanol–water partition coefficient (Wildman–Crippen LogP) is 1.71. The molecule has 0 saturated heterocycles. The number of aryl methyl sites for hydroxylation is 3. The zero-order chi connectivity index (χ0) is 23.7. The molecule has 32 heavy (non-hydrogen) atoms. The Morgan fingerprint density at radius 2 is 1.69 bits per heavy atom. The molecule has 1 unspecified atom stereocenters. The molecule has 3 aromatic heterocycles. The standard InChI is InChI=1S/C19H25N9O4/c1-10(9-27-13(4)16(28(31)32)11(2)24-27)18(29)23-15-8-21-26(6)17(15)19(30)22-14-7-20-25(5)12(14)3/h7-8,10H,9H2,1-6H3,(H,22,30)(H,23,29). The maximum atomic E-state index is 12.8. The molecule has 0 radical (unpaired) electrons. The van der Waals surface area contributed by atoms with Gasteiger partial charge in [-0.1, -0.05) is 6.92 Å². The van der Waals surface area contributed by atoms with Crippen LogP contribution in [0.25, 0.3) is 0 Å². The third kappa shape index (κ3) is 4.22. The summed E-state index contributed by atoms with van der Waals surface area (Å²) in [5.74, 6) is -1.40. The van der Waals surface area contributed by atoms with Gasteiger partial charge in [-0.05, 0) is 20.8 Å². The van der Waals surface area contributed by atoms with Gasteiger partial charge in [0.1, 0.15) is 17.1 Å². The van der Waals surface area contributed by atoms with Crippen molar-refractivity contribution in [3.05, 3.63) is 45.3 Å². The first-order valence-electron chi connectivity index (χ1n) is 9.82. The Balaban J connectivity index is 1.74. The average molecular weight is 443 g/mol. The number of nitrogens with one attached hydrogen (secondary N) is 2. The Bertz CT molecular complexity index is 1200. The lowest BCUT2D eigenvalue weighted by Crippen LogP contribution is -2.27. The molecule has 0 fully saturated rings. The van der Waals surface area contributed by atoms with Gasteiger partial charge in [0.15, 0.2) is 0 Å². The Morgan fingerprint density at radius 3 is 2.25 bits per heavy atom. The van der Waals surface area contributed by atoms with Crippen LogP contribution in [0.1, 0.15) is 34.5 Å². The van der Waals surface area contributed by atoms with Gasteiger partial charge in [-0.3, -0.25) is 33.7 Å². The van der Waals surface area contributed by atoms with Crippen LogP contribution in [0.15, 0.2) is 12.4 Å². The molecule has 0 spiro atoms. The molecule has 1 atom stereocenters. The number of aromatic nitrogens is 6. The third-order valence-corrected chi connectivity index (χ3v) is 5.32. The molecule has 3 rings (SSSR count). The molecule has 0 aliphatic heterocycles. The summed E-state index contributed by atoms with van der Waals surface area (Å²) >= 11 is 0. The number of anilines is 2. The van der Waals surface area contributed by atoms with E-state index in [1.165, 1.54) is 21.8 Å². The third-order valence-electron chi connectivity index (χ3n) is 5.32. The van der Waals surface area contributed by atoms with Crippen LogP contribution in [0.5, 0.6) is 0 Å². The van der Waals surface area contributed by atoms with Crippen LogP contribution >= 0.6 is 0 Å². The van der Waals surface area contributed by atoms with Crippen LogP contribution < -0.4 is 10.6 Å². The minimum atomic E-state index is -0.579. The van der Waals surface area contributed by atoms with E-state index in [4.69, 9.17) is 0 Å². The van der Waals surface area contributed by atoms with Gasteiger partial charge in [-0.2, -0.15) is 15.3 Å². The molecule has 0 aliphatic carbocycles. The van der Waals surface area contributed by atoms with Crippen molar-refractivity contribution in [1.29, 1.82) is 0 Å². The van der Waals surface area contributed by atoms with Crippen molar-refractivity contribution in [3.63, 3.8) is 0 Å². The first-order chi connectivity index (χ1) is 15.0. The fourth-order valence-electron chi connectivity index (χ4n) is 3.33. The zero-order valence-electron chi connectivity index (χ0n) is 18.7. The molecule has 0 saturated carbocycles. The summed E-state index contributed by atoms with van der Waals surface area (Å²) in [5.41, 5.74) is 2.36. The quantitative estimate of drug-likeness (QED) is 0.416. The van der Waals surface area contributed by atoms with Crippen LogP contribution in [0, 0.1) is 36.8 Å². The SMILES string of the molecule is Cc1nn(CC(C)C(=O)Nc2cnn(C)c2C(=O)Nc2cnn(C)c2C)c(C)c1[N+](=O)[O-]. The highest BCUT2D eigenvalue weighted by atomic mass is 16.6. The van der Waals surface area contributed by atoms with E-state index in [0.29, 0.717) is 11.4 Å². The van der Waals surface area contributed by atoms with Crippen molar-refractivity contribution in [1.82, 2.24) is 29.3 Å². The first kappa shape index (κ1) is 22.7. The molecule has 0 aromatic carbocycles. The first-order valence-corrected chi connectivity index (χ1v) is 9.82. The van der Waals surface area contributed by atoms with Crippen LogP contribution in [-0.4, -0.2) is 46.1 Å². The zero-order valence-corrected chi connectivity index (χ0v) is 18.7. The van der Waals surface area contributed by atoms with Gasteiger partial charge < -0.3 is 10.6 Å². The molecular weight excluding hydrogens is 418 g/mol. The lowest BCUT2D eigenvalue weighted by molar-refractivity contribution is -0.386. The second kappa shape index (κ2) is 8.61. The van der Waals surface area contributed by atoms with Crippen molar-refractivity contribution in [2.24, 2.45) is 20.0 Å². The van der Waals surface area contributed by atoms with Crippen LogP contribution in [0.3, 0.4) is 0 Å². The maximum absolute atomic E-state index is 12.8. The molecule has 2 N–H and O–H groups in total. The van der Waals surface area contributed by atoms with Gasteiger partial charge in [0.05, 0.1) is 46.8 Å². The smallest absolute Gasteiger partial charge is 0.312 e. The van der Waals surface area contributed by atoms with E-state index in [9.17, 15) is 19.7 Å². The lowest BCUT2D eigenvalue weighted by Gasteiger charge is -2.13. The van der Waals surface area contributed by atoms with Crippen molar-refractivity contribution in [2.45, 2.75) is 34.2 Å². The number of rotatable bonds is 7. The van der Waals surface area contributed by atoms with Crippen molar-refractivity contribution in [3.8, 4) is 0 Å². The fourth-order valence-corrected chi connectivity index (χ4v) is 3.33. The van der Waals surface area contributed by atoms with E-state index in [2.05, 4.69) is 25.9 Å². The van der Waals surface area contributed by atoms with Gasteiger partial charge >= 0.3 is 5.69 Å². The van der Waals surface area contributed by atoms with E-state index >= 15 is 0 Å². The minimum absolute atomic E-state index is 0.0606. The molecule has 0 aliphatic rings. The van der Waals surface area contributed by atoms with Crippen molar-refractivity contribution in [2.75, 3.05) is 10.6 Å². The molecule has 170 valence electrons. The molecule has 2 amide bonds. The predicted molar refractivity (Wildman–Crippen MR) is 115 cm³/mol. The number of nitro groups is 1. The minimum Gasteiger partial charge on any atom is -0.322 e. The van der Waals surface area contributed by atoms with E-state index in [1.807, 2.05) is 6.92 Å². The highest BCUT2D eigenvalue weighted by Crippen LogP contribution is 2.23. The second-order valence-corrected chi connectivity index (χ2v) is 7.60.